The van der Waals surface area contributed by atoms with Gasteiger partial charge in [-0.1, -0.05) is 26.7 Å². The molecule has 0 saturated carbocycles. The van der Waals surface area contributed by atoms with Crippen LogP contribution in [0.1, 0.15) is 39.5 Å². The third-order valence-electron chi connectivity index (χ3n) is 3.26. The molecule has 0 fully saturated rings. The Kier molecular flexibility index (Phi) is 4.66. The molecule has 0 radical (unpaired) electrons. The number of hydrogen-bond donors (Lipinski definition) is 2. The molecule has 1 aromatic rings. The van der Waals surface area contributed by atoms with Crippen molar-refractivity contribution in [3.8, 4) is 5.75 Å². The quantitative estimate of drug-likeness (QED) is 0.826. The van der Waals surface area contributed by atoms with Crippen molar-refractivity contribution in [1.29, 1.82) is 0 Å². The van der Waals surface area contributed by atoms with Gasteiger partial charge in [0.2, 0.25) is 0 Å². The van der Waals surface area contributed by atoms with E-state index in [1.165, 1.54) is 12.8 Å². The lowest BCUT2D eigenvalue weighted by Gasteiger charge is -2.22. The van der Waals surface area contributed by atoms with E-state index in [0.717, 1.165) is 30.0 Å². The van der Waals surface area contributed by atoms with Gasteiger partial charge < -0.3 is 15.4 Å². The summed E-state index contributed by atoms with van der Waals surface area (Å²) in [4.78, 5) is 11.3. The van der Waals surface area contributed by atoms with Crippen LogP contribution in [0.3, 0.4) is 0 Å². The monoisotopic (exact) mass is 262 g/mol. The fourth-order valence-corrected chi connectivity index (χ4v) is 2.39. The highest BCUT2D eigenvalue weighted by atomic mass is 16.5. The molecule has 1 aliphatic rings. The Labute approximate surface area is 114 Å². The average Bonchev–Trinajstić information content (AvgIpc) is 2.39. The number of fused-ring (bicyclic) bond motifs is 1. The van der Waals surface area contributed by atoms with Crippen LogP contribution in [0.15, 0.2) is 18.2 Å². The molecule has 19 heavy (non-hydrogen) atoms. The minimum atomic E-state index is -0.0942. The van der Waals surface area contributed by atoms with Crippen LogP contribution in [-0.4, -0.2) is 18.6 Å². The zero-order valence-electron chi connectivity index (χ0n) is 11.7. The summed E-state index contributed by atoms with van der Waals surface area (Å²) in [5.41, 5.74) is 1.80. The first-order chi connectivity index (χ1) is 9.22. The molecule has 0 unspecified atom stereocenters. The van der Waals surface area contributed by atoms with Crippen LogP contribution < -0.4 is 15.4 Å². The smallest absolute Gasteiger partial charge is 0.262 e. The van der Waals surface area contributed by atoms with Gasteiger partial charge in [-0.3, -0.25) is 4.79 Å². The van der Waals surface area contributed by atoms with Gasteiger partial charge in [-0.15, -0.1) is 0 Å². The van der Waals surface area contributed by atoms with Gasteiger partial charge in [-0.25, -0.2) is 0 Å². The largest absolute Gasteiger partial charge is 0.482 e. The van der Waals surface area contributed by atoms with E-state index >= 15 is 0 Å². The van der Waals surface area contributed by atoms with Crippen molar-refractivity contribution in [2.75, 3.05) is 17.2 Å². The second kappa shape index (κ2) is 6.45. The lowest BCUT2D eigenvalue weighted by molar-refractivity contribution is -0.118. The molecule has 4 heteroatoms. The summed E-state index contributed by atoms with van der Waals surface area (Å²) >= 11 is 0. The number of ether oxygens (including phenoxy) is 1. The summed E-state index contributed by atoms with van der Waals surface area (Å²) in [6, 6.07) is 6.36. The Morgan fingerprint density at radius 3 is 2.74 bits per heavy atom. The molecule has 0 aliphatic carbocycles. The Morgan fingerprint density at radius 2 is 2.05 bits per heavy atom. The molecule has 0 atom stereocenters. The number of nitrogens with one attached hydrogen (secondary N) is 2. The number of carbonyl (C=O) groups excluding carboxylic acids is 1. The van der Waals surface area contributed by atoms with Gasteiger partial charge in [0.25, 0.3) is 5.91 Å². The van der Waals surface area contributed by atoms with Crippen molar-refractivity contribution in [3.05, 3.63) is 18.2 Å². The van der Waals surface area contributed by atoms with Crippen LogP contribution in [0.4, 0.5) is 11.4 Å². The molecule has 0 bridgehead atoms. The summed E-state index contributed by atoms with van der Waals surface area (Å²) in [6.45, 7) is 4.50. The maximum atomic E-state index is 11.3. The summed E-state index contributed by atoms with van der Waals surface area (Å²) in [7, 11) is 0. The van der Waals surface area contributed by atoms with Gasteiger partial charge in [0.15, 0.2) is 6.61 Å². The minimum absolute atomic E-state index is 0.0942. The van der Waals surface area contributed by atoms with Crippen molar-refractivity contribution in [2.45, 2.75) is 45.6 Å². The normalized spacial score (nSPS) is 13.7. The maximum absolute atomic E-state index is 11.3. The molecule has 1 amide bonds. The van der Waals surface area contributed by atoms with E-state index in [9.17, 15) is 4.79 Å². The zero-order chi connectivity index (χ0) is 13.7. The second-order valence-electron chi connectivity index (χ2n) is 4.97. The predicted molar refractivity (Wildman–Crippen MR) is 77.8 cm³/mol. The highest BCUT2D eigenvalue weighted by Crippen LogP contribution is 2.31. The van der Waals surface area contributed by atoms with E-state index in [0.29, 0.717) is 6.04 Å². The van der Waals surface area contributed by atoms with Crippen LogP contribution in [0.2, 0.25) is 0 Å². The highest BCUT2D eigenvalue weighted by Gasteiger charge is 2.16. The molecule has 2 rings (SSSR count). The van der Waals surface area contributed by atoms with Crippen molar-refractivity contribution in [2.24, 2.45) is 0 Å². The highest BCUT2D eigenvalue weighted by molar-refractivity contribution is 5.96. The van der Waals surface area contributed by atoms with E-state index in [2.05, 4.69) is 24.5 Å². The average molecular weight is 262 g/mol. The first-order valence-corrected chi connectivity index (χ1v) is 7.06. The molecular weight excluding hydrogens is 240 g/mol. The second-order valence-corrected chi connectivity index (χ2v) is 4.97. The van der Waals surface area contributed by atoms with Gasteiger partial charge >= 0.3 is 0 Å². The number of rotatable bonds is 6. The first-order valence-electron chi connectivity index (χ1n) is 7.06. The van der Waals surface area contributed by atoms with Crippen LogP contribution >= 0.6 is 0 Å². The maximum Gasteiger partial charge on any atom is 0.262 e. The Morgan fingerprint density at radius 1 is 1.32 bits per heavy atom. The van der Waals surface area contributed by atoms with Crippen LogP contribution in [0.25, 0.3) is 0 Å². The summed E-state index contributed by atoms with van der Waals surface area (Å²) in [5.74, 6) is 0.649. The fourth-order valence-electron chi connectivity index (χ4n) is 2.39. The standard InChI is InChI=1S/C15H22N2O2/c1-3-5-11(6-4-2)16-12-7-8-14-13(9-12)17-15(18)10-19-14/h7-9,11,16H,3-6,10H2,1-2H3,(H,17,18). The zero-order valence-corrected chi connectivity index (χ0v) is 11.7. The van der Waals surface area contributed by atoms with E-state index in [1.807, 2.05) is 18.2 Å². The van der Waals surface area contributed by atoms with E-state index in [-0.39, 0.29) is 12.5 Å². The third-order valence-corrected chi connectivity index (χ3v) is 3.26. The van der Waals surface area contributed by atoms with Crippen molar-refractivity contribution >= 4 is 17.3 Å². The van der Waals surface area contributed by atoms with Gasteiger partial charge in [-0.05, 0) is 31.0 Å². The molecule has 0 saturated heterocycles. The molecular formula is C15H22N2O2. The third kappa shape index (κ3) is 3.63. The van der Waals surface area contributed by atoms with E-state index in [1.54, 1.807) is 0 Å². The molecule has 4 nitrogen and oxygen atoms in total. The Balaban J connectivity index is 2.08. The SMILES string of the molecule is CCCC(CCC)Nc1ccc2c(c1)NC(=O)CO2. The molecule has 0 spiro atoms. The van der Waals surface area contributed by atoms with Crippen LogP contribution in [0, 0.1) is 0 Å². The predicted octanol–water partition coefficient (Wildman–Crippen LogP) is 3.40. The summed E-state index contributed by atoms with van der Waals surface area (Å²) in [5, 5.41) is 6.37. The van der Waals surface area contributed by atoms with Gasteiger partial charge in [0.1, 0.15) is 5.75 Å². The van der Waals surface area contributed by atoms with Gasteiger partial charge in [0.05, 0.1) is 5.69 Å². The summed E-state index contributed by atoms with van der Waals surface area (Å²) in [6.07, 6.45) is 4.66. The van der Waals surface area contributed by atoms with Crippen molar-refractivity contribution in [1.82, 2.24) is 0 Å². The number of hydrogen-bond acceptors (Lipinski definition) is 3. The Hall–Kier alpha value is -1.71. The van der Waals surface area contributed by atoms with Gasteiger partial charge in [-0.2, -0.15) is 0 Å². The molecule has 2 N–H and O–H groups in total. The topological polar surface area (TPSA) is 50.4 Å². The fraction of sp³-hybridized carbons (Fsp3) is 0.533. The number of anilines is 2. The van der Waals surface area contributed by atoms with Crippen LogP contribution in [-0.2, 0) is 4.79 Å². The van der Waals surface area contributed by atoms with Gasteiger partial charge in [0, 0.05) is 11.7 Å². The number of benzene rings is 1. The molecule has 1 heterocycles. The molecule has 1 aromatic carbocycles. The Bertz CT molecular complexity index is 440. The van der Waals surface area contributed by atoms with E-state index < -0.39 is 0 Å². The van der Waals surface area contributed by atoms with E-state index in [4.69, 9.17) is 4.74 Å². The van der Waals surface area contributed by atoms with Crippen LogP contribution in [0.5, 0.6) is 5.75 Å². The number of carbonyl (C=O) groups is 1. The molecule has 104 valence electrons. The first kappa shape index (κ1) is 13.7. The molecule has 1 aliphatic heterocycles. The number of amides is 1. The minimum Gasteiger partial charge on any atom is -0.482 e. The van der Waals surface area contributed by atoms with Crippen molar-refractivity contribution in [3.63, 3.8) is 0 Å². The lowest BCUT2D eigenvalue weighted by Crippen LogP contribution is -2.25. The van der Waals surface area contributed by atoms with Crippen molar-refractivity contribution < 1.29 is 9.53 Å². The molecule has 0 aromatic heterocycles. The summed E-state index contributed by atoms with van der Waals surface area (Å²) < 4.78 is 5.35. The lowest BCUT2D eigenvalue weighted by atomic mass is 10.1.